The first-order valence-corrected chi connectivity index (χ1v) is 7.24. The van der Waals surface area contributed by atoms with Crippen LogP contribution in [-0.2, 0) is 28.8 Å². The van der Waals surface area contributed by atoms with Crippen LogP contribution in [0.15, 0.2) is 12.1 Å². The fourth-order valence-corrected chi connectivity index (χ4v) is 2.86. The third-order valence-corrected chi connectivity index (χ3v) is 3.77. The summed E-state index contributed by atoms with van der Waals surface area (Å²) < 4.78 is 10.4. The molecule has 0 heterocycles. The smallest absolute Gasteiger partial charge is 0.305 e. The molecule has 0 spiro atoms. The van der Waals surface area contributed by atoms with Crippen molar-refractivity contribution in [1.29, 1.82) is 0 Å². The maximum absolute atomic E-state index is 11.2. The molecule has 0 saturated carbocycles. The second kappa shape index (κ2) is 6.75. The number of hydrogen-bond acceptors (Lipinski definition) is 4. The molecule has 110 valence electrons. The molecule has 20 heavy (non-hydrogen) atoms. The number of benzene rings is 1. The number of rotatable bonds is 6. The van der Waals surface area contributed by atoms with Crippen LogP contribution in [0.5, 0.6) is 5.75 Å². The number of esters is 1. The molecule has 0 saturated heterocycles. The first kappa shape index (κ1) is 14.9. The van der Waals surface area contributed by atoms with Gasteiger partial charge in [-0.15, -0.1) is 0 Å². The zero-order chi connectivity index (χ0) is 14.5. The quantitative estimate of drug-likeness (QED) is 0.808. The van der Waals surface area contributed by atoms with Crippen molar-refractivity contribution in [1.82, 2.24) is 0 Å². The van der Waals surface area contributed by atoms with Crippen LogP contribution < -0.4 is 10.5 Å². The molecular formula is C16H23NO3. The van der Waals surface area contributed by atoms with Crippen LogP contribution in [0.2, 0.25) is 0 Å². The van der Waals surface area contributed by atoms with Crippen LogP contribution in [-0.4, -0.2) is 25.7 Å². The molecule has 2 rings (SSSR count). The molecule has 1 atom stereocenters. The number of carbonyl (C=O) groups excluding carboxylic acids is 1. The van der Waals surface area contributed by atoms with E-state index in [0.29, 0.717) is 13.0 Å². The molecule has 0 amide bonds. The number of carbonyl (C=O) groups is 1. The van der Waals surface area contributed by atoms with Crippen LogP contribution >= 0.6 is 0 Å². The molecule has 0 bridgehead atoms. The Morgan fingerprint density at radius 3 is 2.90 bits per heavy atom. The fourth-order valence-electron chi connectivity index (χ4n) is 2.86. The lowest BCUT2D eigenvalue weighted by Gasteiger charge is -2.14. The first-order chi connectivity index (χ1) is 9.65. The second-order valence-corrected chi connectivity index (χ2v) is 5.21. The lowest BCUT2D eigenvalue weighted by Crippen LogP contribution is -2.19. The topological polar surface area (TPSA) is 61.5 Å². The Kier molecular flexibility index (Phi) is 5.01. The molecule has 4 nitrogen and oxygen atoms in total. The Hall–Kier alpha value is -1.55. The minimum Gasteiger partial charge on any atom is -0.494 e. The minimum atomic E-state index is -0.160. The molecular weight excluding hydrogens is 254 g/mol. The van der Waals surface area contributed by atoms with Crippen LogP contribution in [0.25, 0.3) is 0 Å². The van der Waals surface area contributed by atoms with Crippen molar-refractivity contribution in [2.45, 2.75) is 45.1 Å². The van der Waals surface area contributed by atoms with E-state index < -0.39 is 0 Å². The van der Waals surface area contributed by atoms with E-state index in [-0.39, 0.29) is 12.0 Å². The average Bonchev–Trinajstić information content (AvgIpc) is 2.81. The van der Waals surface area contributed by atoms with Gasteiger partial charge in [0.2, 0.25) is 0 Å². The monoisotopic (exact) mass is 277 g/mol. The summed E-state index contributed by atoms with van der Waals surface area (Å²) in [4.78, 5) is 11.2. The number of ether oxygens (including phenoxy) is 2. The van der Waals surface area contributed by atoms with Crippen LogP contribution in [0.1, 0.15) is 36.5 Å². The van der Waals surface area contributed by atoms with Crippen LogP contribution in [0.4, 0.5) is 0 Å². The van der Waals surface area contributed by atoms with Crippen molar-refractivity contribution in [3.8, 4) is 5.75 Å². The highest BCUT2D eigenvalue weighted by molar-refractivity contribution is 5.69. The van der Waals surface area contributed by atoms with Gasteiger partial charge in [0.05, 0.1) is 13.7 Å². The van der Waals surface area contributed by atoms with Gasteiger partial charge in [0.1, 0.15) is 5.75 Å². The normalized spacial score (nSPS) is 16.9. The molecule has 0 aliphatic heterocycles. The van der Waals surface area contributed by atoms with E-state index in [0.717, 1.165) is 31.4 Å². The Morgan fingerprint density at radius 2 is 2.20 bits per heavy atom. The predicted octanol–water partition coefficient (Wildman–Crippen LogP) is 2.01. The molecule has 1 aliphatic carbocycles. The molecule has 0 aromatic heterocycles. The van der Waals surface area contributed by atoms with Gasteiger partial charge in [-0.1, -0.05) is 6.07 Å². The van der Waals surface area contributed by atoms with Crippen molar-refractivity contribution in [2.75, 3.05) is 13.7 Å². The van der Waals surface area contributed by atoms with Gasteiger partial charge in [-0.25, -0.2) is 0 Å². The average molecular weight is 277 g/mol. The minimum absolute atomic E-state index is 0.160. The van der Waals surface area contributed by atoms with Gasteiger partial charge in [0.15, 0.2) is 0 Å². The third-order valence-electron chi connectivity index (χ3n) is 3.77. The molecule has 1 unspecified atom stereocenters. The van der Waals surface area contributed by atoms with E-state index in [1.807, 2.05) is 13.0 Å². The van der Waals surface area contributed by atoms with Gasteiger partial charge in [0.25, 0.3) is 0 Å². The van der Waals surface area contributed by atoms with E-state index in [1.54, 1.807) is 0 Å². The van der Waals surface area contributed by atoms with Gasteiger partial charge in [-0.05, 0) is 55.4 Å². The Balaban J connectivity index is 2.16. The van der Waals surface area contributed by atoms with E-state index in [2.05, 4.69) is 10.8 Å². The van der Waals surface area contributed by atoms with Gasteiger partial charge in [-0.2, -0.15) is 0 Å². The van der Waals surface area contributed by atoms with Gasteiger partial charge >= 0.3 is 5.97 Å². The van der Waals surface area contributed by atoms with Crippen LogP contribution in [0, 0.1) is 0 Å². The fraction of sp³-hybridized carbons (Fsp3) is 0.562. The highest BCUT2D eigenvalue weighted by atomic mass is 16.5. The number of fused-ring (bicyclic) bond motifs is 1. The van der Waals surface area contributed by atoms with E-state index in [1.165, 1.54) is 23.8 Å². The second-order valence-electron chi connectivity index (χ2n) is 5.21. The summed E-state index contributed by atoms with van der Waals surface area (Å²) in [6.45, 7) is 2.63. The highest BCUT2D eigenvalue weighted by Gasteiger charge is 2.23. The maximum Gasteiger partial charge on any atom is 0.305 e. The Bertz CT molecular complexity index is 485. The summed E-state index contributed by atoms with van der Waals surface area (Å²) in [5.74, 6) is 0.775. The van der Waals surface area contributed by atoms with Crippen molar-refractivity contribution in [3.05, 3.63) is 28.8 Å². The van der Waals surface area contributed by atoms with Gasteiger partial charge in [-0.3, -0.25) is 4.79 Å². The van der Waals surface area contributed by atoms with E-state index in [9.17, 15) is 4.79 Å². The summed E-state index contributed by atoms with van der Waals surface area (Å²) in [6, 6.07) is 4.37. The Morgan fingerprint density at radius 1 is 1.40 bits per heavy atom. The largest absolute Gasteiger partial charge is 0.494 e. The van der Waals surface area contributed by atoms with Crippen molar-refractivity contribution < 1.29 is 14.3 Å². The van der Waals surface area contributed by atoms with Gasteiger partial charge in [0, 0.05) is 12.5 Å². The summed E-state index contributed by atoms with van der Waals surface area (Å²) >= 11 is 0. The van der Waals surface area contributed by atoms with Crippen molar-refractivity contribution >= 4 is 5.97 Å². The zero-order valence-electron chi connectivity index (χ0n) is 12.3. The zero-order valence-corrected chi connectivity index (χ0v) is 12.3. The molecule has 4 heteroatoms. The summed E-state index contributed by atoms with van der Waals surface area (Å²) in [6.07, 6.45) is 3.89. The predicted molar refractivity (Wildman–Crippen MR) is 77.9 cm³/mol. The van der Waals surface area contributed by atoms with Gasteiger partial charge < -0.3 is 15.2 Å². The lowest BCUT2D eigenvalue weighted by molar-refractivity contribution is -0.140. The summed E-state index contributed by atoms with van der Waals surface area (Å²) in [5.41, 5.74) is 9.94. The van der Waals surface area contributed by atoms with E-state index >= 15 is 0 Å². The number of methoxy groups -OCH3 is 1. The molecule has 0 fully saturated rings. The Labute approximate surface area is 120 Å². The summed E-state index contributed by atoms with van der Waals surface area (Å²) in [5, 5.41) is 0. The SMILES string of the molecule is CCOc1ccc2c(c1CCCC(=O)OC)CC(N)C2. The molecule has 0 radical (unpaired) electrons. The first-order valence-electron chi connectivity index (χ1n) is 7.24. The van der Waals surface area contributed by atoms with Crippen LogP contribution in [0.3, 0.4) is 0 Å². The summed E-state index contributed by atoms with van der Waals surface area (Å²) in [7, 11) is 1.42. The van der Waals surface area contributed by atoms with Crippen molar-refractivity contribution in [2.24, 2.45) is 5.73 Å². The van der Waals surface area contributed by atoms with E-state index in [4.69, 9.17) is 10.5 Å². The molecule has 1 aromatic carbocycles. The standard InChI is InChI=1S/C16H23NO3/c1-3-20-15-8-7-11-9-12(17)10-14(11)13(15)5-4-6-16(18)19-2/h7-8,12H,3-6,9-10,17H2,1-2H3. The lowest BCUT2D eigenvalue weighted by atomic mass is 9.97. The number of nitrogens with two attached hydrogens (primary N) is 1. The molecule has 1 aliphatic rings. The van der Waals surface area contributed by atoms with Crippen molar-refractivity contribution in [3.63, 3.8) is 0 Å². The maximum atomic E-state index is 11.2. The number of hydrogen-bond donors (Lipinski definition) is 1. The molecule has 1 aromatic rings. The third kappa shape index (κ3) is 3.31. The molecule has 2 N–H and O–H groups in total. The highest BCUT2D eigenvalue weighted by Crippen LogP contribution is 2.33.